The first-order valence-electron chi connectivity index (χ1n) is 17.0. The Bertz CT molecular complexity index is 1150. The molecule has 0 radical (unpaired) electrons. The highest BCUT2D eigenvalue weighted by molar-refractivity contribution is 5.93. The molecule has 0 aliphatic rings. The lowest BCUT2D eigenvalue weighted by molar-refractivity contribution is -0.132. The molecule has 0 bridgehead atoms. The van der Waals surface area contributed by atoms with Gasteiger partial charge in [0.15, 0.2) is 6.61 Å². The average Bonchev–Trinajstić information content (AvgIpc) is 3.07. The SMILES string of the molecule is C/C=C(C)\C(=C/C)NC(=O)CN(C)CCCOCCOCCOCCCN(C)C(=O)COc1ccc(NC(=O)CN(CC)CC)c(C)c1. The predicted octanol–water partition coefficient (Wildman–Crippen LogP) is 3.86. The molecule has 48 heavy (non-hydrogen) atoms. The third-order valence-electron chi connectivity index (χ3n) is 7.71. The lowest BCUT2D eigenvalue weighted by atomic mass is 10.2. The van der Waals surface area contributed by atoms with Crippen molar-refractivity contribution >= 4 is 23.4 Å². The van der Waals surface area contributed by atoms with E-state index in [0.29, 0.717) is 71.4 Å². The van der Waals surface area contributed by atoms with Gasteiger partial charge in [-0.3, -0.25) is 24.2 Å². The quantitative estimate of drug-likeness (QED) is 0.111. The van der Waals surface area contributed by atoms with Gasteiger partial charge in [0.25, 0.3) is 5.91 Å². The summed E-state index contributed by atoms with van der Waals surface area (Å²) in [6, 6.07) is 5.37. The smallest absolute Gasteiger partial charge is 0.260 e. The Balaban J connectivity index is 2.07. The van der Waals surface area contributed by atoms with E-state index in [2.05, 4.69) is 10.6 Å². The van der Waals surface area contributed by atoms with Gasteiger partial charge >= 0.3 is 0 Å². The summed E-state index contributed by atoms with van der Waals surface area (Å²) in [6.45, 7) is 18.4. The maximum atomic E-state index is 12.5. The number of carbonyl (C=O) groups excluding carboxylic acids is 3. The fourth-order valence-electron chi connectivity index (χ4n) is 4.54. The minimum Gasteiger partial charge on any atom is -0.484 e. The van der Waals surface area contributed by atoms with E-state index in [9.17, 15) is 14.4 Å². The van der Waals surface area contributed by atoms with Gasteiger partial charge in [-0.15, -0.1) is 0 Å². The van der Waals surface area contributed by atoms with Crippen LogP contribution < -0.4 is 15.4 Å². The van der Waals surface area contributed by atoms with Gasteiger partial charge in [-0.2, -0.15) is 0 Å². The van der Waals surface area contributed by atoms with E-state index in [4.69, 9.17) is 18.9 Å². The van der Waals surface area contributed by atoms with Crippen LogP contribution in [0.3, 0.4) is 0 Å². The summed E-state index contributed by atoms with van der Waals surface area (Å²) >= 11 is 0. The monoisotopic (exact) mass is 675 g/mol. The summed E-state index contributed by atoms with van der Waals surface area (Å²) in [6.07, 6.45) is 5.40. The summed E-state index contributed by atoms with van der Waals surface area (Å²) < 4.78 is 22.5. The summed E-state index contributed by atoms with van der Waals surface area (Å²) in [7, 11) is 3.67. The molecular formula is C36H61N5O7. The molecule has 12 nitrogen and oxygen atoms in total. The minimum atomic E-state index is -0.122. The highest BCUT2D eigenvalue weighted by Crippen LogP contribution is 2.21. The second kappa shape index (κ2) is 25.7. The molecule has 1 aromatic carbocycles. The molecule has 0 aliphatic carbocycles. The van der Waals surface area contributed by atoms with Gasteiger partial charge in [0, 0.05) is 44.7 Å². The number of amides is 3. The fraction of sp³-hybridized carbons (Fsp3) is 0.639. The molecule has 0 aromatic heterocycles. The Morgan fingerprint density at radius 2 is 1.42 bits per heavy atom. The molecule has 0 heterocycles. The molecule has 1 rings (SSSR count). The van der Waals surface area contributed by atoms with Crippen molar-refractivity contribution < 1.29 is 33.3 Å². The van der Waals surface area contributed by atoms with Gasteiger partial charge in [0.05, 0.1) is 39.5 Å². The Hall–Kier alpha value is -3.29. The first-order valence-corrected chi connectivity index (χ1v) is 17.0. The zero-order chi connectivity index (χ0) is 35.7. The number of anilines is 1. The van der Waals surface area contributed by atoms with Crippen LogP contribution in [0.5, 0.6) is 5.75 Å². The van der Waals surface area contributed by atoms with Gasteiger partial charge in [0.2, 0.25) is 11.8 Å². The zero-order valence-corrected chi connectivity index (χ0v) is 30.7. The van der Waals surface area contributed by atoms with Gasteiger partial charge in [0.1, 0.15) is 5.75 Å². The number of nitrogens with zero attached hydrogens (tertiary/aromatic N) is 3. The number of hydrogen-bond donors (Lipinski definition) is 2. The highest BCUT2D eigenvalue weighted by atomic mass is 16.5. The van der Waals surface area contributed by atoms with E-state index < -0.39 is 0 Å². The topological polar surface area (TPSA) is 122 Å². The van der Waals surface area contributed by atoms with Crippen molar-refractivity contribution in [3.8, 4) is 5.75 Å². The number of aryl methyl sites for hydroxylation is 1. The van der Waals surface area contributed by atoms with Crippen LogP contribution in [0.4, 0.5) is 5.69 Å². The van der Waals surface area contributed by atoms with Gasteiger partial charge in [-0.05, 0) is 90.0 Å². The van der Waals surface area contributed by atoms with E-state index in [1.54, 1.807) is 24.1 Å². The molecule has 272 valence electrons. The maximum absolute atomic E-state index is 12.5. The molecule has 3 amide bonds. The van der Waals surface area contributed by atoms with Crippen molar-refractivity contribution in [1.82, 2.24) is 20.0 Å². The van der Waals surface area contributed by atoms with Crippen LogP contribution in [0.2, 0.25) is 0 Å². The van der Waals surface area contributed by atoms with Crippen molar-refractivity contribution in [2.75, 3.05) is 105 Å². The molecule has 0 spiro atoms. The third kappa shape index (κ3) is 18.9. The summed E-state index contributed by atoms with van der Waals surface area (Å²) in [5.74, 6) is 0.369. The highest BCUT2D eigenvalue weighted by Gasteiger charge is 2.12. The van der Waals surface area contributed by atoms with Crippen LogP contribution >= 0.6 is 0 Å². The first kappa shape index (κ1) is 42.7. The van der Waals surface area contributed by atoms with E-state index in [1.807, 2.05) is 76.6 Å². The number of nitrogens with one attached hydrogen (secondary N) is 2. The number of carbonyl (C=O) groups is 3. The molecule has 0 saturated carbocycles. The van der Waals surface area contributed by atoms with E-state index >= 15 is 0 Å². The molecule has 0 unspecified atom stereocenters. The number of ether oxygens (including phenoxy) is 4. The minimum absolute atomic E-state index is 0.0296. The average molecular weight is 676 g/mol. The summed E-state index contributed by atoms with van der Waals surface area (Å²) in [5, 5.41) is 5.89. The lowest BCUT2D eigenvalue weighted by Crippen LogP contribution is -2.35. The van der Waals surface area contributed by atoms with E-state index in [-0.39, 0.29) is 24.3 Å². The number of likely N-dealkylation sites (N-methyl/N-ethyl adjacent to an activating group) is 3. The summed E-state index contributed by atoms with van der Waals surface area (Å²) in [5.41, 5.74) is 3.49. The van der Waals surface area contributed by atoms with Crippen LogP contribution in [0.25, 0.3) is 0 Å². The van der Waals surface area contributed by atoms with E-state index in [1.165, 1.54) is 0 Å². The Morgan fingerprint density at radius 3 is 1.98 bits per heavy atom. The molecule has 0 atom stereocenters. The van der Waals surface area contributed by atoms with Crippen LogP contribution in [0, 0.1) is 6.92 Å². The lowest BCUT2D eigenvalue weighted by Gasteiger charge is -2.19. The molecule has 0 saturated heterocycles. The molecular weight excluding hydrogens is 614 g/mol. The maximum Gasteiger partial charge on any atom is 0.260 e. The number of allylic oxidation sites excluding steroid dienone is 3. The standard InChI is InChI=1S/C36H61N5O7/c1-9-29(5)32(10-2)37-34(42)26-39(7)17-13-19-45-21-23-47-24-22-46-20-14-18-40(8)36(44)28-48-31-15-16-33(30(6)25-31)38-35(43)27-41(11-3)12-4/h9-10,15-16,25H,11-14,17-24,26-28H2,1-8H3,(H,37,42)(H,38,43)/b29-9-,32-10+. The second-order valence-electron chi connectivity index (χ2n) is 11.6. The molecule has 0 aliphatic heterocycles. The Kier molecular flexibility index (Phi) is 22.9. The van der Waals surface area contributed by atoms with Crippen LogP contribution in [0.15, 0.2) is 41.6 Å². The largest absolute Gasteiger partial charge is 0.484 e. The molecule has 12 heteroatoms. The Labute approximate surface area is 288 Å². The predicted molar refractivity (Wildman–Crippen MR) is 191 cm³/mol. The normalized spacial score (nSPS) is 12.0. The fourth-order valence-corrected chi connectivity index (χ4v) is 4.54. The van der Waals surface area contributed by atoms with Gasteiger partial charge < -0.3 is 34.5 Å². The molecule has 2 N–H and O–H groups in total. The van der Waals surface area contributed by atoms with Crippen molar-refractivity contribution in [2.45, 2.75) is 54.4 Å². The van der Waals surface area contributed by atoms with Crippen molar-refractivity contribution in [3.63, 3.8) is 0 Å². The molecule has 1 aromatic rings. The Morgan fingerprint density at radius 1 is 0.812 bits per heavy atom. The van der Waals surface area contributed by atoms with Gasteiger partial charge in [-0.1, -0.05) is 26.0 Å². The number of hydrogen-bond acceptors (Lipinski definition) is 9. The number of benzene rings is 1. The van der Waals surface area contributed by atoms with E-state index in [0.717, 1.165) is 48.6 Å². The first-order chi connectivity index (χ1) is 23.0. The zero-order valence-electron chi connectivity index (χ0n) is 30.7. The van der Waals surface area contributed by atoms with Crippen molar-refractivity contribution in [2.24, 2.45) is 0 Å². The number of rotatable bonds is 26. The van der Waals surface area contributed by atoms with Crippen LogP contribution in [-0.2, 0) is 28.6 Å². The van der Waals surface area contributed by atoms with Crippen LogP contribution in [-0.4, -0.2) is 132 Å². The van der Waals surface area contributed by atoms with Crippen molar-refractivity contribution in [3.05, 3.63) is 47.2 Å². The van der Waals surface area contributed by atoms with Crippen molar-refractivity contribution in [1.29, 1.82) is 0 Å². The third-order valence-corrected chi connectivity index (χ3v) is 7.71. The van der Waals surface area contributed by atoms with Gasteiger partial charge in [-0.25, -0.2) is 0 Å². The van der Waals surface area contributed by atoms with Crippen LogP contribution in [0.1, 0.15) is 53.0 Å². The second-order valence-corrected chi connectivity index (χ2v) is 11.6. The summed E-state index contributed by atoms with van der Waals surface area (Å²) in [4.78, 5) is 42.7. The molecule has 0 fully saturated rings.